The van der Waals surface area contributed by atoms with Crippen LogP contribution in [0.4, 0.5) is 0 Å². The molecular formula is C15H18INOS. The minimum Gasteiger partial charge on any atom is -0.388 e. The second-order valence-electron chi connectivity index (χ2n) is 5.62. The molecule has 4 heteroatoms. The van der Waals surface area contributed by atoms with Crippen molar-refractivity contribution in [2.24, 2.45) is 0 Å². The fourth-order valence-corrected chi connectivity index (χ4v) is 3.58. The molecule has 0 saturated carbocycles. The van der Waals surface area contributed by atoms with Crippen LogP contribution in [0.15, 0.2) is 29.6 Å². The van der Waals surface area contributed by atoms with Gasteiger partial charge in [0, 0.05) is 20.8 Å². The van der Waals surface area contributed by atoms with E-state index in [1.165, 1.54) is 0 Å². The predicted molar refractivity (Wildman–Crippen MR) is 88.6 cm³/mol. The normalized spacial score (nSPS) is 13.5. The number of aromatic nitrogens is 1. The van der Waals surface area contributed by atoms with Crippen LogP contribution >= 0.6 is 33.9 Å². The summed E-state index contributed by atoms with van der Waals surface area (Å²) in [6.45, 7) is 6.47. The van der Waals surface area contributed by atoms with Crippen molar-refractivity contribution in [2.75, 3.05) is 0 Å². The highest BCUT2D eigenvalue weighted by atomic mass is 127. The number of rotatable bonds is 3. The van der Waals surface area contributed by atoms with Crippen LogP contribution in [0.5, 0.6) is 0 Å². The smallest absolute Gasteiger partial charge is 0.0957 e. The standard InChI is InChI=1S/C15H18INOS/c1-15(2,3)13-9-19-14(17-13)8-12(18)10-6-4-5-7-11(10)16/h4-7,9,12,18H,8H2,1-3H3. The molecule has 2 nitrogen and oxygen atoms in total. The second kappa shape index (κ2) is 5.89. The molecular weight excluding hydrogens is 369 g/mol. The van der Waals surface area contributed by atoms with Gasteiger partial charge in [0.05, 0.1) is 16.8 Å². The highest BCUT2D eigenvalue weighted by molar-refractivity contribution is 14.1. The summed E-state index contributed by atoms with van der Waals surface area (Å²) in [6, 6.07) is 7.94. The van der Waals surface area contributed by atoms with Gasteiger partial charge >= 0.3 is 0 Å². The Hall–Kier alpha value is -0.460. The minimum absolute atomic E-state index is 0.0703. The maximum absolute atomic E-state index is 10.3. The van der Waals surface area contributed by atoms with Crippen LogP contribution in [-0.4, -0.2) is 10.1 Å². The molecule has 0 aliphatic heterocycles. The molecule has 0 bridgehead atoms. The fraction of sp³-hybridized carbons (Fsp3) is 0.400. The third-order valence-electron chi connectivity index (χ3n) is 2.95. The Morgan fingerprint density at radius 3 is 2.58 bits per heavy atom. The first-order valence-electron chi connectivity index (χ1n) is 6.25. The molecule has 0 fully saturated rings. The monoisotopic (exact) mass is 387 g/mol. The highest BCUT2D eigenvalue weighted by Gasteiger charge is 2.19. The van der Waals surface area contributed by atoms with Gasteiger partial charge in [0.2, 0.25) is 0 Å². The molecule has 0 spiro atoms. The lowest BCUT2D eigenvalue weighted by Crippen LogP contribution is -2.12. The molecule has 2 rings (SSSR count). The molecule has 0 amide bonds. The van der Waals surface area contributed by atoms with E-state index in [4.69, 9.17) is 0 Å². The lowest BCUT2D eigenvalue weighted by molar-refractivity contribution is 0.177. The van der Waals surface area contributed by atoms with Crippen LogP contribution in [0.2, 0.25) is 0 Å². The average Bonchev–Trinajstić information content (AvgIpc) is 2.77. The number of thiazole rings is 1. The maximum atomic E-state index is 10.3. The Morgan fingerprint density at radius 1 is 1.32 bits per heavy atom. The quantitative estimate of drug-likeness (QED) is 0.796. The molecule has 0 radical (unpaired) electrons. The van der Waals surface area contributed by atoms with E-state index in [1.54, 1.807) is 11.3 Å². The van der Waals surface area contributed by atoms with Crippen LogP contribution in [0.1, 0.15) is 43.1 Å². The molecule has 0 saturated heterocycles. The van der Waals surface area contributed by atoms with Gasteiger partial charge in [-0.25, -0.2) is 4.98 Å². The first kappa shape index (κ1) is 14.9. The van der Waals surface area contributed by atoms with Gasteiger partial charge in [-0.05, 0) is 34.2 Å². The number of aliphatic hydroxyl groups is 1. The third-order valence-corrected chi connectivity index (χ3v) is 4.81. The van der Waals surface area contributed by atoms with Gasteiger partial charge in [0.25, 0.3) is 0 Å². The van der Waals surface area contributed by atoms with Gasteiger partial charge in [-0.3, -0.25) is 0 Å². The predicted octanol–water partition coefficient (Wildman–Crippen LogP) is 4.32. The van der Waals surface area contributed by atoms with Crippen molar-refractivity contribution in [3.63, 3.8) is 0 Å². The second-order valence-corrected chi connectivity index (χ2v) is 7.72. The topological polar surface area (TPSA) is 33.1 Å². The summed E-state index contributed by atoms with van der Waals surface area (Å²) in [4.78, 5) is 4.63. The minimum atomic E-state index is -0.480. The van der Waals surface area contributed by atoms with Crippen molar-refractivity contribution in [1.29, 1.82) is 0 Å². The average molecular weight is 387 g/mol. The lowest BCUT2D eigenvalue weighted by Gasteiger charge is -2.14. The molecule has 0 aliphatic carbocycles. The molecule has 0 aliphatic rings. The van der Waals surface area contributed by atoms with E-state index in [0.29, 0.717) is 6.42 Å². The van der Waals surface area contributed by atoms with Gasteiger partial charge < -0.3 is 5.11 Å². The van der Waals surface area contributed by atoms with Crippen LogP contribution in [0, 0.1) is 3.57 Å². The third kappa shape index (κ3) is 3.77. The molecule has 1 atom stereocenters. The summed E-state index contributed by atoms with van der Waals surface area (Å²) < 4.78 is 1.10. The van der Waals surface area contributed by atoms with Gasteiger partial charge in [-0.1, -0.05) is 39.0 Å². The van der Waals surface area contributed by atoms with Gasteiger partial charge in [-0.15, -0.1) is 11.3 Å². The van der Waals surface area contributed by atoms with Gasteiger partial charge in [-0.2, -0.15) is 0 Å². The number of benzene rings is 1. The maximum Gasteiger partial charge on any atom is 0.0957 e. The van der Waals surface area contributed by atoms with E-state index in [9.17, 15) is 5.11 Å². The summed E-state index contributed by atoms with van der Waals surface area (Å²) in [6.07, 6.45) is 0.105. The molecule has 2 aromatic rings. The highest BCUT2D eigenvalue weighted by Crippen LogP contribution is 2.28. The molecule has 19 heavy (non-hydrogen) atoms. The van der Waals surface area contributed by atoms with Crippen LogP contribution in [-0.2, 0) is 11.8 Å². The molecule has 102 valence electrons. The summed E-state index contributed by atoms with van der Waals surface area (Å²) in [5, 5.41) is 13.4. The Balaban J connectivity index is 2.14. The van der Waals surface area contributed by atoms with E-state index in [2.05, 4.69) is 53.7 Å². The van der Waals surface area contributed by atoms with Crippen LogP contribution < -0.4 is 0 Å². The zero-order valence-corrected chi connectivity index (χ0v) is 14.3. The van der Waals surface area contributed by atoms with Crippen LogP contribution in [0.25, 0.3) is 0 Å². The molecule has 1 aromatic heterocycles. The lowest BCUT2D eigenvalue weighted by atomic mass is 9.93. The van der Waals surface area contributed by atoms with Crippen molar-refractivity contribution >= 4 is 33.9 Å². The summed E-state index contributed by atoms with van der Waals surface area (Å²) >= 11 is 3.89. The van der Waals surface area contributed by atoms with Crippen molar-refractivity contribution in [3.8, 4) is 0 Å². The molecule has 1 heterocycles. The van der Waals surface area contributed by atoms with Crippen LogP contribution in [0.3, 0.4) is 0 Å². The zero-order chi connectivity index (χ0) is 14.0. The van der Waals surface area contributed by atoms with E-state index < -0.39 is 6.10 Å². The van der Waals surface area contributed by atoms with Crippen molar-refractivity contribution < 1.29 is 5.11 Å². The Bertz CT molecular complexity index is 559. The van der Waals surface area contributed by atoms with Crippen molar-refractivity contribution in [1.82, 2.24) is 4.98 Å². The summed E-state index contributed by atoms with van der Waals surface area (Å²) in [7, 11) is 0. The Morgan fingerprint density at radius 2 is 2.00 bits per heavy atom. The van der Waals surface area contributed by atoms with Gasteiger partial charge in [0.1, 0.15) is 0 Å². The van der Waals surface area contributed by atoms with E-state index in [1.807, 2.05) is 24.3 Å². The Kier molecular flexibility index (Phi) is 4.63. The first-order valence-corrected chi connectivity index (χ1v) is 8.21. The number of hydrogen-bond donors (Lipinski definition) is 1. The number of nitrogens with zero attached hydrogens (tertiary/aromatic N) is 1. The van der Waals surface area contributed by atoms with E-state index in [0.717, 1.165) is 19.8 Å². The zero-order valence-electron chi connectivity index (χ0n) is 11.4. The molecule has 1 unspecified atom stereocenters. The largest absolute Gasteiger partial charge is 0.388 e. The van der Waals surface area contributed by atoms with Crippen molar-refractivity contribution in [3.05, 3.63) is 49.5 Å². The first-order chi connectivity index (χ1) is 8.88. The number of halogens is 1. The summed E-state index contributed by atoms with van der Waals surface area (Å²) in [5.41, 5.74) is 2.15. The number of hydrogen-bond acceptors (Lipinski definition) is 3. The Labute approximate surface area is 132 Å². The van der Waals surface area contributed by atoms with E-state index >= 15 is 0 Å². The fourth-order valence-electron chi connectivity index (χ4n) is 1.77. The molecule has 1 aromatic carbocycles. The number of aliphatic hydroxyl groups excluding tert-OH is 1. The van der Waals surface area contributed by atoms with Crippen molar-refractivity contribution in [2.45, 2.75) is 38.7 Å². The molecule has 1 N–H and O–H groups in total. The van der Waals surface area contributed by atoms with Gasteiger partial charge in [0.15, 0.2) is 0 Å². The summed E-state index contributed by atoms with van der Waals surface area (Å²) in [5.74, 6) is 0. The van der Waals surface area contributed by atoms with E-state index in [-0.39, 0.29) is 5.41 Å². The SMILES string of the molecule is CC(C)(C)c1csc(CC(O)c2ccccc2I)n1.